The lowest BCUT2D eigenvalue weighted by atomic mass is 9.76. The van der Waals surface area contributed by atoms with Crippen molar-refractivity contribution in [2.45, 2.75) is 40.5 Å². The van der Waals surface area contributed by atoms with Crippen molar-refractivity contribution < 1.29 is 4.79 Å². The second-order valence-corrected chi connectivity index (χ2v) is 5.83. The maximum atomic E-state index is 11.8. The zero-order valence-corrected chi connectivity index (χ0v) is 12.5. The van der Waals surface area contributed by atoms with E-state index >= 15 is 0 Å². The van der Waals surface area contributed by atoms with Gasteiger partial charge >= 0.3 is 0 Å². The molecule has 94 valence electrons. The van der Waals surface area contributed by atoms with E-state index in [0.29, 0.717) is 12.2 Å². The Morgan fingerprint density at radius 2 is 2.12 bits per heavy atom. The second-order valence-electron chi connectivity index (χ2n) is 5.36. The molecule has 0 N–H and O–H groups in total. The highest BCUT2D eigenvalue weighted by molar-refractivity contribution is 7.16. The molecular weight excluding hydrogens is 228 g/mol. The average Bonchev–Trinajstić information content (AvgIpc) is 2.24. The van der Waals surface area contributed by atoms with Crippen LogP contribution in [0.3, 0.4) is 0 Å². The summed E-state index contributed by atoms with van der Waals surface area (Å²) in [7, 11) is 2.69. The first-order chi connectivity index (χ1) is 7.88. The number of ketones is 1. The van der Waals surface area contributed by atoms with Crippen molar-refractivity contribution in [3.63, 3.8) is 0 Å². The Morgan fingerprint density at radius 1 is 1.47 bits per heavy atom. The minimum Gasteiger partial charge on any atom is -0.295 e. The number of carbonyl (C=O) groups is 1. The van der Waals surface area contributed by atoms with Crippen LogP contribution in [0.15, 0.2) is 34.9 Å². The van der Waals surface area contributed by atoms with Gasteiger partial charge < -0.3 is 0 Å². The zero-order chi connectivity index (χ0) is 13.1. The molecule has 0 saturated carbocycles. The van der Waals surface area contributed by atoms with E-state index in [1.807, 2.05) is 6.92 Å². The summed E-state index contributed by atoms with van der Waals surface area (Å²) >= 11 is 0. The average molecular weight is 251 g/mol. The third-order valence-corrected chi connectivity index (χ3v) is 3.72. The lowest BCUT2D eigenvalue weighted by molar-refractivity contribution is -0.116. The molecule has 0 fully saturated rings. The van der Waals surface area contributed by atoms with E-state index in [0.717, 1.165) is 18.2 Å². The van der Waals surface area contributed by atoms with Crippen molar-refractivity contribution in [2.24, 2.45) is 5.41 Å². The van der Waals surface area contributed by atoms with E-state index in [2.05, 4.69) is 48.2 Å². The van der Waals surface area contributed by atoms with E-state index in [1.165, 1.54) is 11.1 Å². The second kappa shape index (κ2) is 5.78. The molecule has 0 aromatic heterocycles. The standard InChI is InChI=1S/C15H23OP/c1-11(8-10-17)5-6-13-12(2)14(16)7-9-15(13,3)4/h5-6,8H,7,9-10,17H2,1-4H3/b6-5+,11-8+/i14+1. The van der Waals surface area contributed by atoms with E-state index in [-0.39, 0.29) is 5.41 Å². The van der Waals surface area contributed by atoms with Gasteiger partial charge in [0, 0.05) is 6.42 Å². The summed E-state index contributed by atoms with van der Waals surface area (Å²) in [6.07, 6.45) is 9.01. The van der Waals surface area contributed by atoms with Gasteiger partial charge in [-0.15, -0.1) is 9.24 Å². The molecule has 1 aliphatic carbocycles. The van der Waals surface area contributed by atoms with Crippen molar-refractivity contribution in [2.75, 3.05) is 6.16 Å². The molecule has 0 aliphatic heterocycles. The van der Waals surface area contributed by atoms with Crippen LogP contribution in [0.1, 0.15) is 40.5 Å². The van der Waals surface area contributed by atoms with Gasteiger partial charge in [0.1, 0.15) is 0 Å². The minimum atomic E-state index is 0.121. The predicted molar refractivity (Wildman–Crippen MR) is 78.2 cm³/mol. The Labute approximate surface area is 107 Å². The van der Waals surface area contributed by atoms with Gasteiger partial charge in [0.2, 0.25) is 0 Å². The molecule has 1 aliphatic rings. The molecule has 0 heterocycles. The summed E-state index contributed by atoms with van der Waals surface area (Å²) in [5.41, 5.74) is 3.51. The van der Waals surface area contributed by atoms with Gasteiger partial charge in [-0.1, -0.05) is 37.6 Å². The third-order valence-electron chi connectivity index (χ3n) is 3.48. The molecular formula is C15H23OP. The summed E-state index contributed by atoms with van der Waals surface area (Å²) in [6, 6.07) is 0. The molecule has 0 saturated heterocycles. The molecule has 1 rings (SSSR count). The van der Waals surface area contributed by atoms with E-state index in [4.69, 9.17) is 0 Å². The van der Waals surface area contributed by atoms with Gasteiger partial charge in [0.15, 0.2) is 5.78 Å². The van der Waals surface area contributed by atoms with Crippen LogP contribution in [-0.4, -0.2) is 11.9 Å². The van der Waals surface area contributed by atoms with Crippen LogP contribution in [0, 0.1) is 5.41 Å². The maximum Gasteiger partial charge on any atom is 0.158 e. The van der Waals surface area contributed by atoms with Gasteiger partial charge in [-0.05, 0) is 43.0 Å². The largest absolute Gasteiger partial charge is 0.295 e. The molecule has 17 heavy (non-hydrogen) atoms. The van der Waals surface area contributed by atoms with E-state index < -0.39 is 0 Å². The summed E-state index contributed by atoms with van der Waals surface area (Å²) in [5, 5.41) is 0. The summed E-state index contributed by atoms with van der Waals surface area (Å²) in [4.78, 5) is 11.8. The smallest absolute Gasteiger partial charge is 0.158 e. The normalized spacial score (nSPS) is 21.5. The van der Waals surface area contributed by atoms with Gasteiger partial charge in [0.05, 0.1) is 0 Å². The number of Topliss-reactive ketones (excluding diaryl/α,β-unsaturated/α-hetero) is 1. The lowest BCUT2D eigenvalue weighted by Crippen LogP contribution is -2.24. The van der Waals surface area contributed by atoms with Crippen molar-refractivity contribution in [3.8, 4) is 0 Å². The first-order valence-electron chi connectivity index (χ1n) is 6.18. The van der Waals surface area contributed by atoms with E-state index in [1.54, 1.807) is 0 Å². The van der Waals surface area contributed by atoms with Gasteiger partial charge in [-0.25, -0.2) is 0 Å². The van der Waals surface area contributed by atoms with E-state index in [9.17, 15) is 4.79 Å². The van der Waals surface area contributed by atoms with Gasteiger partial charge in [-0.3, -0.25) is 4.79 Å². The van der Waals surface area contributed by atoms with Crippen LogP contribution in [0.5, 0.6) is 0 Å². The predicted octanol–water partition coefficient (Wildman–Crippen LogP) is 4.07. The van der Waals surface area contributed by atoms with Gasteiger partial charge in [0.25, 0.3) is 0 Å². The summed E-state index contributed by atoms with van der Waals surface area (Å²) < 4.78 is 0. The molecule has 0 bridgehead atoms. The molecule has 1 atom stereocenters. The Bertz CT molecular complexity index is 397. The molecule has 2 heteroatoms. The number of carbonyl (C=O) groups excluding carboxylic acids is 1. The highest BCUT2D eigenvalue weighted by atomic mass is 31.0. The fourth-order valence-electron chi connectivity index (χ4n) is 2.23. The van der Waals surface area contributed by atoms with Crippen molar-refractivity contribution >= 4 is 15.0 Å². The number of hydrogen-bond acceptors (Lipinski definition) is 1. The molecule has 0 aromatic rings. The summed E-state index contributed by atoms with van der Waals surface area (Å²) in [6.45, 7) is 8.49. The van der Waals surface area contributed by atoms with Crippen LogP contribution in [0.4, 0.5) is 0 Å². The van der Waals surface area contributed by atoms with Crippen molar-refractivity contribution in [1.29, 1.82) is 0 Å². The number of allylic oxidation sites excluding steroid dienone is 6. The SMILES string of the molecule is CC1=C(/C=C/C(C)=C/CP)C(C)(C)CC[13C]1=O. The Balaban J connectivity index is 3.04. The monoisotopic (exact) mass is 251 g/mol. The van der Waals surface area contributed by atoms with Crippen LogP contribution in [-0.2, 0) is 4.79 Å². The molecule has 1 unspecified atom stereocenters. The lowest BCUT2D eigenvalue weighted by Gasteiger charge is -2.32. The first-order valence-corrected chi connectivity index (χ1v) is 6.99. The molecule has 0 radical (unpaired) electrons. The quantitative estimate of drug-likeness (QED) is 0.420. The Hall–Kier alpha value is -0.680. The van der Waals surface area contributed by atoms with Crippen molar-refractivity contribution in [3.05, 3.63) is 34.9 Å². The van der Waals surface area contributed by atoms with Crippen molar-refractivity contribution in [1.82, 2.24) is 0 Å². The molecule has 0 spiro atoms. The fraction of sp³-hybridized carbons (Fsp3) is 0.533. The first kappa shape index (κ1) is 14.4. The highest BCUT2D eigenvalue weighted by Gasteiger charge is 2.30. The van der Waals surface area contributed by atoms with Crippen LogP contribution < -0.4 is 0 Å². The Morgan fingerprint density at radius 3 is 2.71 bits per heavy atom. The van der Waals surface area contributed by atoms with Crippen LogP contribution in [0.2, 0.25) is 0 Å². The highest BCUT2D eigenvalue weighted by Crippen LogP contribution is 2.39. The zero-order valence-electron chi connectivity index (χ0n) is 11.3. The van der Waals surface area contributed by atoms with Crippen LogP contribution >= 0.6 is 9.24 Å². The Kier molecular flexibility index (Phi) is 4.89. The molecule has 0 amide bonds. The third kappa shape index (κ3) is 3.64. The van der Waals surface area contributed by atoms with Gasteiger partial charge in [-0.2, -0.15) is 0 Å². The minimum absolute atomic E-state index is 0.121. The van der Waals surface area contributed by atoms with Crippen LogP contribution in [0.25, 0.3) is 0 Å². The number of hydrogen-bond donors (Lipinski definition) is 0. The molecule has 1 nitrogen and oxygen atoms in total. The fourth-order valence-corrected chi connectivity index (χ4v) is 2.60. The summed E-state index contributed by atoms with van der Waals surface area (Å²) in [5.74, 6) is 0.302. The maximum absolute atomic E-state index is 11.8. The topological polar surface area (TPSA) is 17.1 Å². The molecule has 0 aromatic carbocycles. The number of rotatable bonds is 3.